The quantitative estimate of drug-likeness (QED) is 0.426. The lowest BCUT2D eigenvalue weighted by atomic mass is 10.1. The van der Waals surface area contributed by atoms with E-state index < -0.39 is 0 Å². The summed E-state index contributed by atoms with van der Waals surface area (Å²) >= 11 is 0. The number of esters is 1. The molecule has 0 amide bonds. The summed E-state index contributed by atoms with van der Waals surface area (Å²) in [6.45, 7) is 1.62. The van der Waals surface area contributed by atoms with Gasteiger partial charge in [-0.05, 0) is 12.8 Å². The molecule has 0 atom stereocenters. The SMILES string of the molecule is CC(=O)OCC1(C=O)CC1. The van der Waals surface area contributed by atoms with Crippen LogP contribution >= 0.6 is 0 Å². The third kappa shape index (κ3) is 1.56. The molecule has 1 aliphatic carbocycles. The van der Waals surface area contributed by atoms with Crippen molar-refractivity contribution >= 4 is 12.3 Å². The van der Waals surface area contributed by atoms with Crippen LogP contribution in [0.2, 0.25) is 0 Å². The van der Waals surface area contributed by atoms with E-state index in [1.165, 1.54) is 6.92 Å². The van der Waals surface area contributed by atoms with E-state index in [0.29, 0.717) is 0 Å². The number of hydrogen-bond donors (Lipinski definition) is 0. The smallest absolute Gasteiger partial charge is 0.302 e. The molecule has 3 nitrogen and oxygen atoms in total. The Hall–Kier alpha value is -0.860. The van der Waals surface area contributed by atoms with Gasteiger partial charge < -0.3 is 9.53 Å². The Labute approximate surface area is 59.4 Å². The lowest BCUT2D eigenvalue weighted by Gasteiger charge is -2.04. The molecule has 1 rings (SSSR count). The maximum Gasteiger partial charge on any atom is 0.302 e. The lowest BCUT2D eigenvalue weighted by Crippen LogP contribution is -2.13. The molecule has 1 fully saturated rings. The number of carbonyl (C=O) groups excluding carboxylic acids is 2. The minimum atomic E-state index is -0.312. The highest BCUT2D eigenvalue weighted by atomic mass is 16.5. The molecule has 0 unspecified atom stereocenters. The summed E-state index contributed by atoms with van der Waals surface area (Å²) in [6, 6.07) is 0. The van der Waals surface area contributed by atoms with Crippen LogP contribution < -0.4 is 0 Å². The summed E-state index contributed by atoms with van der Waals surface area (Å²) in [4.78, 5) is 20.6. The molecule has 0 heterocycles. The molecule has 0 aromatic heterocycles. The Balaban J connectivity index is 2.25. The van der Waals surface area contributed by atoms with Gasteiger partial charge in [0.15, 0.2) is 0 Å². The highest BCUT2D eigenvalue weighted by Gasteiger charge is 2.43. The average Bonchev–Trinajstić information content (AvgIpc) is 2.64. The second-order valence-electron chi connectivity index (χ2n) is 2.76. The van der Waals surface area contributed by atoms with Crippen LogP contribution in [0.25, 0.3) is 0 Å². The molecule has 0 spiro atoms. The molecule has 0 N–H and O–H groups in total. The minimum Gasteiger partial charge on any atom is -0.465 e. The van der Waals surface area contributed by atoms with Crippen LogP contribution in [-0.4, -0.2) is 18.9 Å². The molecule has 0 saturated heterocycles. The van der Waals surface area contributed by atoms with Crippen LogP contribution in [0.4, 0.5) is 0 Å². The standard InChI is InChI=1S/C7H10O3/c1-6(9)10-5-7(4-8)2-3-7/h4H,2-3,5H2,1H3. The fourth-order valence-electron chi connectivity index (χ4n) is 0.702. The van der Waals surface area contributed by atoms with Crippen LogP contribution in [-0.2, 0) is 14.3 Å². The van der Waals surface area contributed by atoms with Crippen LogP contribution in [0.1, 0.15) is 19.8 Å². The summed E-state index contributed by atoms with van der Waals surface area (Å²) in [5, 5.41) is 0. The van der Waals surface area contributed by atoms with Crippen LogP contribution in [0.5, 0.6) is 0 Å². The molecule has 0 aliphatic heterocycles. The number of carbonyl (C=O) groups is 2. The summed E-state index contributed by atoms with van der Waals surface area (Å²) in [5.74, 6) is -0.312. The Morgan fingerprint density at radius 3 is 2.60 bits per heavy atom. The highest BCUT2D eigenvalue weighted by Crippen LogP contribution is 2.43. The van der Waals surface area contributed by atoms with Gasteiger partial charge in [0.2, 0.25) is 0 Å². The van der Waals surface area contributed by atoms with Crippen molar-refractivity contribution in [1.29, 1.82) is 0 Å². The van der Waals surface area contributed by atoms with E-state index in [1.807, 2.05) is 0 Å². The maximum atomic E-state index is 10.3. The molecule has 0 bridgehead atoms. The molecule has 0 aromatic carbocycles. The summed E-state index contributed by atoms with van der Waals surface area (Å²) in [6.07, 6.45) is 2.61. The molecule has 56 valence electrons. The largest absolute Gasteiger partial charge is 0.465 e. The van der Waals surface area contributed by atoms with E-state index in [2.05, 4.69) is 4.74 Å². The first kappa shape index (κ1) is 7.25. The lowest BCUT2D eigenvalue weighted by molar-refractivity contribution is -0.143. The van der Waals surface area contributed by atoms with Gasteiger partial charge in [-0.2, -0.15) is 0 Å². The fourth-order valence-corrected chi connectivity index (χ4v) is 0.702. The van der Waals surface area contributed by atoms with Gasteiger partial charge in [-0.15, -0.1) is 0 Å². The molecule has 1 aliphatic rings. The molecule has 0 radical (unpaired) electrons. The van der Waals surface area contributed by atoms with Crippen LogP contribution in [0.3, 0.4) is 0 Å². The highest BCUT2D eigenvalue weighted by molar-refractivity contribution is 5.68. The molecular weight excluding hydrogens is 132 g/mol. The topological polar surface area (TPSA) is 43.4 Å². The summed E-state index contributed by atoms with van der Waals surface area (Å²) in [5.41, 5.74) is -0.300. The number of aldehydes is 1. The number of hydrogen-bond acceptors (Lipinski definition) is 3. The number of ether oxygens (including phenoxy) is 1. The van der Waals surface area contributed by atoms with Crippen molar-refractivity contribution in [2.75, 3.05) is 6.61 Å². The van der Waals surface area contributed by atoms with Gasteiger partial charge in [-0.25, -0.2) is 0 Å². The predicted molar refractivity (Wildman–Crippen MR) is 34.4 cm³/mol. The van der Waals surface area contributed by atoms with Crippen LogP contribution in [0, 0.1) is 5.41 Å². The Morgan fingerprint density at radius 2 is 2.30 bits per heavy atom. The normalized spacial score (nSPS) is 19.7. The Kier molecular flexibility index (Phi) is 1.74. The average molecular weight is 142 g/mol. The first-order valence-electron chi connectivity index (χ1n) is 3.28. The van der Waals surface area contributed by atoms with Gasteiger partial charge >= 0.3 is 5.97 Å². The van der Waals surface area contributed by atoms with Crippen molar-refractivity contribution in [2.45, 2.75) is 19.8 Å². The Morgan fingerprint density at radius 1 is 1.70 bits per heavy atom. The molecule has 3 heteroatoms. The van der Waals surface area contributed by atoms with Gasteiger partial charge in [0, 0.05) is 6.92 Å². The van der Waals surface area contributed by atoms with E-state index in [-0.39, 0.29) is 18.0 Å². The summed E-state index contributed by atoms with van der Waals surface area (Å²) in [7, 11) is 0. The fraction of sp³-hybridized carbons (Fsp3) is 0.714. The second kappa shape index (κ2) is 2.40. The second-order valence-corrected chi connectivity index (χ2v) is 2.76. The predicted octanol–water partition coefficient (Wildman–Crippen LogP) is 0.529. The number of rotatable bonds is 3. The third-order valence-corrected chi connectivity index (χ3v) is 1.71. The maximum absolute atomic E-state index is 10.3. The van der Waals surface area contributed by atoms with Gasteiger partial charge in [-0.3, -0.25) is 4.79 Å². The molecular formula is C7H10O3. The third-order valence-electron chi connectivity index (χ3n) is 1.71. The van der Waals surface area contributed by atoms with Crippen molar-refractivity contribution in [1.82, 2.24) is 0 Å². The van der Waals surface area contributed by atoms with Crippen molar-refractivity contribution in [2.24, 2.45) is 5.41 Å². The van der Waals surface area contributed by atoms with Crippen molar-refractivity contribution in [3.63, 3.8) is 0 Å². The minimum absolute atomic E-state index is 0.270. The monoisotopic (exact) mass is 142 g/mol. The first-order valence-corrected chi connectivity index (χ1v) is 3.28. The van der Waals surface area contributed by atoms with Crippen molar-refractivity contribution in [3.8, 4) is 0 Å². The van der Waals surface area contributed by atoms with Gasteiger partial charge in [0.1, 0.15) is 12.9 Å². The van der Waals surface area contributed by atoms with E-state index in [4.69, 9.17) is 0 Å². The Bertz CT molecular complexity index is 158. The van der Waals surface area contributed by atoms with Gasteiger partial charge in [0.25, 0.3) is 0 Å². The van der Waals surface area contributed by atoms with E-state index in [1.54, 1.807) is 0 Å². The first-order chi connectivity index (χ1) is 4.68. The van der Waals surface area contributed by atoms with Crippen molar-refractivity contribution < 1.29 is 14.3 Å². The van der Waals surface area contributed by atoms with Crippen LogP contribution in [0.15, 0.2) is 0 Å². The zero-order chi connectivity index (χ0) is 7.61. The zero-order valence-electron chi connectivity index (χ0n) is 5.92. The van der Waals surface area contributed by atoms with Crippen molar-refractivity contribution in [3.05, 3.63) is 0 Å². The van der Waals surface area contributed by atoms with E-state index in [0.717, 1.165) is 19.1 Å². The van der Waals surface area contributed by atoms with E-state index in [9.17, 15) is 9.59 Å². The van der Waals surface area contributed by atoms with Gasteiger partial charge in [0.05, 0.1) is 5.41 Å². The molecule has 0 aromatic rings. The molecule has 1 saturated carbocycles. The van der Waals surface area contributed by atoms with E-state index >= 15 is 0 Å². The summed E-state index contributed by atoms with van der Waals surface area (Å²) < 4.78 is 4.69. The molecule has 10 heavy (non-hydrogen) atoms. The van der Waals surface area contributed by atoms with Gasteiger partial charge in [-0.1, -0.05) is 0 Å². The zero-order valence-corrected chi connectivity index (χ0v) is 5.92.